The number of rotatable bonds is 6. The Balaban J connectivity index is 1.75. The van der Waals surface area contributed by atoms with Gasteiger partial charge in [0.15, 0.2) is 0 Å². The SMILES string of the molecule is CC(C)CC(=O)N1CCC(NC(=O)CN(C)C(=O)c2ccccc2)CC1. The van der Waals surface area contributed by atoms with Gasteiger partial charge in [0.2, 0.25) is 11.8 Å². The van der Waals surface area contributed by atoms with Crippen LogP contribution in [0.25, 0.3) is 0 Å². The van der Waals surface area contributed by atoms with E-state index in [0.717, 1.165) is 12.8 Å². The van der Waals surface area contributed by atoms with Crippen molar-refractivity contribution in [3.05, 3.63) is 35.9 Å². The quantitative estimate of drug-likeness (QED) is 0.843. The maximum atomic E-state index is 12.3. The Bertz CT molecular complexity index is 622. The number of hydrogen-bond donors (Lipinski definition) is 1. The van der Waals surface area contributed by atoms with Crippen LogP contribution in [0.1, 0.15) is 43.5 Å². The molecule has 1 saturated heterocycles. The molecule has 1 aliphatic rings. The van der Waals surface area contributed by atoms with Crippen LogP contribution in [0, 0.1) is 5.92 Å². The Morgan fingerprint density at radius 3 is 2.35 bits per heavy atom. The zero-order valence-corrected chi connectivity index (χ0v) is 15.9. The van der Waals surface area contributed by atoms with Gasteiger partial charge in [0.05, 0.1) is 6.54 Å². The largest absolute Gasteiger partial charge is 0.352 e. The third-order valence-corrected chi connectivity index (χ3v) is 4.54. The predicted molar refractivity (Wildman–Crippen MR) is 101 cm³/mol. The average molecular weight is 359 g/mol. The fraction of sp³-hybridized carbons (Fsp3) is 0.550. The standard InChI is InChI=1S/C20H29N3O3/c1-15(2)13-19(25)23-11-9-17(10-12-23)21-18(24)14-22(3)20(26)16-7-5-4-6-8-16/h4-8,15,17H,9-14H2,1-3H3,(H,21,24). The fourth-order valence-corrected chi connectivity index (χ4v) is 3.11. The number of carbonyl (C=O) groups excluding carboxylic acids is 3. The summed E-state index contributed by atoms with van der Waals surface area (Å²) in [5, 5.41) is 2.99. The number of hydrogen-bond acceptors (Lipinski definition) is 3. The van der Waals surface area contributed by atoms with E-state index < -0.39 is 0 Å². The van der Waals surface area contributed by atoms with Gasteiger partial charge in [-0.15, -0.1) is 0 Å². The third-order valence-electron chi connectivity index (χ3n) is 4.54. The van der Waals surface area contributed by atoms with Crippen LogP contribution in [0.15, 0.2) is 30.3 Å². The van der Waals surface area contributed by atoms with E-state index in [2.05, 4.69) is 5.32 Å². The molecular formula is C20H29N3O3. The summed E-state index contributed by atoms with van der Waals surface area (Å²) < 4.78 is 0. The van der Waals surface area contributed by atoms with Crippen LogP contribution in [-0.2, 0) is 9.59 Å². The van der Waals surface area contributed by atoms with Crippen molar-refractivity contribution in [3.8, 4) is 0 Å². The number of likely N-dealkylation sites (tertiary alicyclic amines) is 1. The van der Waals surface area contributed by atoms with Crippen molar-refractivity contribution in [1.29, 1.82) is 0 Å². The summed E-state index contributed by atoms with van der Waals surface area (Å²) in [6.07, 6.45) is 2.08. The number of likely N-dealkylation sites (N-methyl/N-ethyl adjacent to an activating group) is 1. The zero-order chi connectivity index (χ0) is 19.1. The Hall–Kier alpha value is -2.37. The van der Waals surface area contributed by atoms with E-state index in [4.69, 9.17) is 0 Å². The van der Waals surface area contributed by atoms with Gasteiger partial charge in [-0.1, -0.05) is 32.0 Å². The highest BCUT2D eigenvalue weighted by molar-refractivity contribution is 5.96. The summed E-state index contributed by atoms with van der Waals surface area (Å²) >= 11 is 0. The molecule has 0 unspecified atom stereocenters. The van der Waals surface area contributed by atoms with E-state index >= 15 is 0 Å². The van der Waals surface area contributed by atoms with Crippen LogP contribution in [0.5, 0.6) is 0 Å². The molecule has 1 aromatic rings. The Morgan fingerprint density at radius 1 is 1.15 bits per heavy atom. The zero-order valence-electron chi connectivity index (χ0n) is 15.9. The lowest BCUT2D eigenvalue weighted by Crippen LogP contribution is -2.49. The van der Waals surface area contributed by atoms with Crippen LogP contribution < -0.4 is 5.32 Å². The molecule has 0 aliphatic carbocycles. The second kappa shape index (κ2) is 9.36. The van der Waals surface area contributed by atoms with E-state index in [9.17, 15) is 14.4 Å². The summed E-state index contributed by atoms with van der Waals surface area (Å²) in [6.45, 7) is 5.46. The summed E-state index contributed by atoms with van der Waals surface area (Å²) in [5.41, 5.74) is 0.569. The molecule has 0 spiro atoms. The summed E-state index contributed by atoms with van der Waals surface area (Å²) in [4.78, 5) is 39.9. The van der Waals surface area contributed by atoms with Crippen LogP contribution in [0.2, 0.25) is 0 Å². The van der Waals surface area contributed by atoms with Crippen LogP contribution in [-0.4, -0.2) is 60.2 Å². The maximum Gasteiger partial charge on any atom is 0.254 e. The number of benzene rings is 1. The normalized spacial score (nSPS) is 15.0. The lowest BCUT2D eigenvalue weighted by atomic mass is 10.0. The molecular weight excluding hydrogens is 330 g/mol. The molecule has 1 N–H and O–H groups in total. The third kappa shape index (κ3) is 5.86. The summed E-state index contributed by atoms with van der Waals surface area (Å²) in [5.74, 6) is 0.217. The average Bonchev–Trinajstić information content (AvgIpc) is 2.61. The molecule has 0 saturated carbocycles. The van der Waals surface area contributed by atoms with E-state index in [0.29, 0.717) is 31.0 Å². The lowest BCUT2D eigenvalue weighted by molar-refractivity contribution is -0.133. The molecule has 6 heteroatoms. The van der Waals surface area contributed by atoms with Gasteiger partial charge in [0, 0.05) is 38.2 Å². The minimum Gasteiger partial charge on any atom is -0.352 e. The topological polar surface area (TPSA) is 69.7 Å². The Labute approximate surface area is 155 Å². The van der Waals surface area contributed by atoms with Crippen molar-refractivity contribution >= 4 is 17.7 Å². The summed E-state index contributed by atoms with van der Waals surface area (Å²) in [6, 6.07) is 8.99. The van der Waals surface area contributed by atoms with Crippen molar-refractivity contribution in [2.75, 3.05) is 26.7 Å². The molecule has 6 nitrogen and oxygen atoms in total. The molecule has 0 atom stereocenters. The van der Waals surface area contributed by atoms with Gasteiger partial charge in [-0.3, -0.25) is 14.4 Å². The monoisotopic (exact) mass is 359 g/mol. The molecule has 1 aromatic carbocycles. The van der Waals surface area contributed by atoms with Gasteiger partial charge in [-0.2, -0.15) is 0 Å². The first kappa shape index (κ1) is 19.9. The molecule has 0 radical (unpaired) electrons. The second-order valence-corrected chi connectivity index (χ2v) is 7.35. The number of nitrogens with one attached hydrogen (secondary N) is 1. The fourth-order valence-electron chi connectivity index (χ4n) is 3.11. The Kier molecular flexibility index (Phi) is 7.18. The van der Waals surface area contributed by atoms with Crippen molar-refractivity contribution in [3.63, 3.8) is 0 Å². The van der Waals surface area contributed by atoms with Gasteiger partial charge in [0.1, 0.15) is 0 Å². The first-order chi connectivity index (χ1) is 12.4. The first-order valence-corrected chi connectivity index (χ1v) is 9.24. The molecule has 0 bridgehead atoms. The van der Waals surface area contributed by atoms with Gasteiger partial charge in [0.25, 0.3) is 5.91 Å². The molecule has 3 amide bonds. The molecule has 2 rings (SSSR count). The van der Waals surface area contributed by atoms with Crippen molar-refractivity contribution < 1.29 is 14.4 Å². The molecule has 1 fully saturated rings. The predicted octanol–water partition coefficient (Wildman–Crippen LogP) is 1.91. The highest BCUT2D eigenvalue weighted by atomic mass is 16.2. The number of amides is 3. The van der Waals surface area contributed by atoms with Gasteiger partial charge in [-0.25, -0.2) is 0 Å². The number of nitrogens with zero attached hydrogens (tertiary/aromatic N) is 2. The summed E-state index contributed by atoms with van der Waals surface area (Å²) in [7, 11) is 1.63. The van der Waals surface area contributed by atoms with Crippen molar-refractivity contribution in [2.24, 2.45) is 5.92 Å². The van der Waals surface area contributed by atoms with Crippen LogP contribution in [0.3, 0.4) is 0 Å². The van der Waals surface area contributed by atoms with E-state index in [-0.39, 0.29) is 30.3 Å². The van der Waals surface area contributed by atoms with Crippen molar-refractivity contribution in [2.45, 2.75) is 39.2 Å². The minimum absolute atomic E-state index is 0.0280. The minimum atomic E-state index is -0.171. The second-order valence-electron chi connectivity index (χ2n) is 7.35. The smallest absolute Gasteiger partial charge is 0.254 e. The first-order valence-electron chi connectivity index (χ1n) is 9.24. The highest BCUT2D eigenvalue weighted by Gasteiger charge is 2.24. The molecule has 142 valence electrons. The van der Waals surface area contributed by atoms with Crippen LogP contribution in [0.4, 0.5) is 0 Å². The number of carbonyl (C=O) groups is 3. The van der Waals surface area contributed by atoms with E-state index in [1.165, 1.54) is 4.90 Å². The van der Waals surface area contributed by atoms with Gasteiger partial charge in [-0.05, 0) is 30.9 Å². The van der Waals surface area contributed by atoms with E-state index in [1.807, 2.05) is 24.8 Å². The van der Waals surface area contributed by atoms with Crippen molar-refractivity contribution in [1.82, 2.24) is 15.1 Å². The Morgan fingerprint density at radius 2 is 1.77 bits per heavy atom. The molecule has 1 aliphatic heterocycles. The lowest BCUT2D eigenvalue weighted by Gasteiger charge is -2.33. The van der Waals surface area contributed by atoms with Gasteiger partial charge >= 0.3 is 0 Å². The number of piperidine rings is 1. The highest BCUT2D eigenvalue weighted by Crippen LogP contribution is 2.13. The molecule has 26 heavy (non-hydrogen) atoms. The maximum absolute atomic E-state index is 12.3. The van der Waals surface area contributed by atoms with Gasteiger partial charge < -0.3 is 15.1 Å². The van der Waals surface area contributed by atoms with Crippen LogP contribution >= 0.6 is 0 Å². The molecule has 0 aromatic heterocycles. The molecule has 1 heterocycles. The van der Waals surface area contributed by atoms with E-state index in [1.54, 1.807) is 31.3 Å².